The molecule has 180 valence electrons. The lowest BCUT2D eigenvalue weighted by Crippen LogP contribution is -2.22. The fourth-order valence-corrected chi connectivity index (χ4v) is 4.57. The van der Waals surface area contributed by atoms with Gasteiger partial charge in [0.05, 0.1) is 12.1 Å². The lowest BCUT2D eigenvalue weighted by molar-refractivity contribution is 0.677. The Labute approximate surface area is 210 Å². The molecule has 0 bridgehead atoms. The molecule has 0 aliphatic carbocycles. The Hall–Kier alpha value is -4.45. The Morgan fingerprint density at radius 3 is 2.31 bits per heavy atom. The lowest BCUT2D eigenvalue weighted by Gasteiger charge is -2.13. The minimum atomic E-state index is -0.0354. The topological polar surface area (TPSA) is 89.7 Å². The number of nitrogen functional groups attached to an aromatic ring is 1. The molecule has 36 heavy (non-hydrogen) atoms. The van der Waals surface area contributed by atoms with Crippen molar-refractivity contribution >= 4 is 16.9 Å². The minimum absolute atomic E-state index is 0.0354. The number of hydrogen-bond donors (Lipinski definition) is 2. The maximum atomic E-state index is 13.6. The smallest absolute Gasteiger partial charge is 0.277 e. The Kier molecular flexibility index (Phi) is 6.25. The van der Waals surface area contributed by atoms with Gasteiger partial charge in [0.15, 0.2) is 0 Å². The monoisotopic (exact) mass is 475 g/mol. The molecule has 0 saturated heterocycles. The molecule has 6 nitrogen and oxygen atoms in total. The van der Waals surface area contributed by atoms with Crippen LogP contribution >= 0.6 is 0 Å². The van der Waals surface area contributed by atoms with Gasteiger partial charge in [-0.3, -0.25) is 10.2 Å². The molecular weight excluding hydrogens is 446 g/mol. The summed E-state index contributed by atoms with van der Waals surface area (Å²) in [6, 6.07) is 27.9. The van der Waals surface area contributed by atoms with E-state index in [2.05, 4.69) is 36.6 Å². The van der Waals surface area contributed by atoms with Gasteiger partial charge in [-0.15, -0.1) is 0 Å². The fraction of sp³-hybridized carbons (Fsp3) is 0.167. The predicted octanol–water partition coefficient (Wildman–Crippen LogP) is 5.37. The zero-order valence-corrected chi connectivity index (χ0v) is 20.5. The highest BCUT2D eigenvalue weighted by molar-refractivity contribution is 5.95. The average molecular weight is 476 g/mol. The van der Waals surface area contributed by atoms with Crippen LogP contribution in [0.4, 0.5) is 0 Å². The number of aromatic nitrogens is 3. The molecule has 0 aliphatic rings. The number of fused-ring (bicyclic) bond motifs is 1. The van der Waals surface area contributed by atoms with Crippen molar-refractivity contribution in [3.63, 3.8) is 0 Å². The second-order valence-electron chi connectivity index (χ2n) is 9.37. The molecule has 6 heteroatoms. The summed E-state index contributed by atoms with van der Waals surface area (Å²) in [6.45, 7) is 5.28. The number of rotatable bonds is 7. The number of nitrogens with one attached hydrogen (secondary N) is 1. The molecule has 5 rings (SSSR count). The standard InChI is InChI=1S/C30H29N5O/c1-20(2)29-33-26-15-16-34(18-21-7-4-3-5-8-21)30(36)27(26)35(29)19-22-9-6-10-25(17-22)23-11-13-24(14-12-23)28(31)32/h3-17,20H,18-19H2,1-2H3,(H3,31,32). The molecule has 0 saturated carbocycles. The molecule has 0 fully saturated rings. The minimum Gasteiger partial charge on any atom is -0.384 e. The number of hydrogen-bond acceptors (Lipinski definition) is 3. The van der Waals surface area contributed by atoms with E-state index in [4.69, 9.17) is 16.1 Å². The van der Waals surface area contributed by atoms with Crippen LogP contribution in [0.1, 0.15) is 42.3 Å². The van der Waals surface area contributed by atoms with Crippen LogP contribution in [0.3, 0.4) is 0 Å². The van der Waals surface area contributed by atoms with Crippen molar-refractivity contribution in [1.29, 1.82) is 5.41 Å². The molecule has 5 aromatic rings. The third kappa shape index (κ3) is 4.58. The van der Waals surface area contributed by atoms with Crippen LogP contribution in [0.2, 0.25) is 0 Å². The Balaban J connectivity index is 1.55. The van der Waals surface area contributed by atoms with E-state index in [9.17, 15) is 4.79 Å². The van der Waals surface area contributed by atoms with E-state index >= 15 is 0 Å². The maximum Gasteiger partial charge on any atom is 0.277 e. The van der Waals surface area contributed by atoms with Crippen molar-refractivity contribution in [1.82, 2.24) is 14.1 Å². The average Bonchev–Trinajstić information content (AvgIpc) is 3.26. The maximum absolute atomic E-state index is 13.6. The van der Waals surface area contributed by atoms with Crippen molar-refractivity contribution in [2.75, 3.05) is 0 Å². The molecule has 0 spiro atoms. The number of amidine groups is 1. The van der Waals surface area contributed by atoms with E-state index in [0.717, 1.165) is 33.6 Å². The molecule has 2 heterocycles. The summed E-state index contributed by atoms with van der Waals surface area (Å²) in [5.41, 5.74) is 11.9. The molecule has 3 N–H and O–H groups in total. The van der Waals surface area contributed by atoms with Crippen LogP contribution in [0, 0.1) is 5.41 Å². The van der Waals surface area contributed by atoms with Crippen LogP contribution in [-0.4, -0.2) is 20.0 Å². The number of pyridine rings is 1. The van der Waals surface area contributed by atoms with Gasteiger partial charge in [0.1, 0.15) is 17.2 Å². The zero-order chi connectivity index (χ0) is 25.2. The molecular formula is C30H29N5O. The molecule has 0 aliphatic heterocycles. The van der Waals surface area contributed by atoms with Crippen LogP contribution in [0.25, 0.3) is 22.2 Å². The van der Waals surface area contributed by atoms with Crippen molar-refractivity contribution in [3.8, 4) is 11.1 Å². The Morgan fingerprint density at radius 1 is 0.889 bits per heavy atom. The second-order valence-corrected chi connectivity index (χ2v) is 9.37. The van der Waals surface area contributed by atoms with Gasteiger partial charge in [0, 0.05) is 24.2 Å². The highest BCUT2D eigenvalue weighted by Gasteiger charge is 2.18. The Bertz CT molecular complexity index is 1590. The predicted molar refractivity (Wildman–Crippen MR) is 146 cm³/mol. The normalized spacial score (nSPS) is 11.3. The first kappa shape index (κ1) is 23.3. The molecule has 0 atom stereocenters. The number of nitrogens with two attached hydrogens (primary N) is 1. The van der Waals surface area contributed by atoms with Crippen molar-refractivity contribution in [2.24, 2.45) is 5.73 Å². The van der Waals surface area contributed by atoms with Gasteiger partial charge in [0.25, 0.3) is 5.56 Å². The van der Waals surface area contributed by atoms with Crippen molar-refractivity contribution in [3.05, 3.63) is 124 Å². The van der Waals surface area contributed by atoms with E-state index in [1.807, 2.05) is 72.9 Å². The van der Waals surface area contributed by atoms with Gasteiger partial charge in [-0.1, -0.05) is 86.6 Å². The quantitative estimate of drug-likeness (QED) is 0.245. The first-order chi connectivity index (χ1) is 17.4. The summed E-state index contributed by atoms with van der Waals surface area (Å²) in [7, 11) is 0. The van der Waals surface area contributed by atoms with Gasteiger partial charge in [-0.2, -0.15) is 0 Å². The van der Waals surface area contributed by atoms with E-state index in [1.165, 1.54) is 0 Å². The third-order valence-electron chi connectivity index (χ3n) is 6.41. The molecule has 3 aromatic carbocycles. The number of benzene rings is 3. The highest BCUT2D eigenvalue weighted by Crippen LogP contribution is 2.25. The molecule has 2 aromatic heterocycles. The van der Waals surface area contributed by atoms with E-state index < -0.39 is 0 Å². The second kappa shape index (κ2) is 9.66. The summed E-state index contributed by atoms with van der Waals surface area (Å²) in [6.07, 6.45) is 1.84. The van der Waals surface area contributed by atoms with E-state index in [1.54, 1.807) is 4.57 Å². The summed E-state index contributed by atoms with van der Waals surface area (Å²) < 4.78 is 3.83. The molecule has 0 radical (unpaired) electrons. The van der Waals surface area contributed by atoms with Crippen LogP contribution in [0.15, 0.2) is 95.9 Å². The van der Waals surface area contributed by atoms with Gasteiger partial charge in [-0.25, -0.2) is 4.98 Å². The zero-order valence-electron chi connectivity index (χ0n) is 20.5. The Morgan fingerprint density at radius 2 is 1.61 bits per heavy atom. The van der Waals surface area contributed by atoms with Gasteiger partial charge in [-0.05, 0) is 34.4 Å². The largest absolute Gasteiger partial charge is 0.384 e. The number of imidazole rings is 1. The van der Waals surface area contributed by atoms with E-state index in [-0.39, 0.29) is 17.3 Å². The third-order valence-corrected chi connectivity index (χ3v) is 6.41. The SMILES string of the molecule is CC(C)c1nc2ccn(Cc3ccccc3)c(=O)c2n1Cc1cccc(-c2ccc(C(=N)N)cc2)c1. The lowest BCUT2D eigenvalue weighted by atomic mass is 10.0. The van der Waals surface area contributed by atoms with Crippen LogP contribution in [-0.2, 0) is 13.1 Å². The van der Waals surface area contributed by atoms with Gasteiger partial charge >= 0.3 is 0 Å². The molecule has 0 amide bonds. The van der Waals surface area contributed by atoms with Crippen molar-refractivity contribution in [2.45, 2.75) is 32.9 Å². The van der Waals surface area contributed by atoms with E-state index in [0.29, 0.717) is 24.2 Å². The summed E-state index contributed by atoms with van der Waals surface area (Å²) in [5, 5.41) is 7.61. The van der Waals surface area contributed by atoms with Gasteiger partial charge in [0.2, 0.25) is 0 Å². The van der Waals surface area contributed by atoms with Crippen molar-refractivity contribution < 1.29 is 0 Å². The summed E-state index contributed by atoms with van der Waals surface area (Å²) in [5.74, 6) is 1.12. The van der Waals surface area contributed by atoms with Crippen LogP contribution < -0.4 is 11.3 Å². The highest BCUT2D eigenvalue weighted by atomic mass is 16.1. The first-order valence-corrected chi connectivity index (χ1v) is 12.1. The number of nitrogens with zero attached hydrogens (tertiary/aromatic N) is 3. The van der Waals surface area contributed by atoms with Crippen LogP contribution in [0.5, 0.6) is 0 Å². The molecule has 0 unspecified atom stereocenters. The summed E-state index contributed by atoms with van der Waals surface area (Å²) in [4.78, 5) is 18.5. The summed E-state index contributed by atoms with van der Waals surface area (Å²) >= 11 is 0. The fourth-order valence-electron chi connectivity index (χ4n) is 4.57. The van der Waals surface area contributed by atoms with Gasteiger partial charge < -0.3 is 14.9 Å². The first-order valence-electron chi connectivity index (χ1n) is 12.1.